The molecule has 0 spiro atoms. The van der Waals surface area contributed by atoms with Crippen molar-refractivity contribution in [1.29, 1.82) is 0 Å². The van der Waals surface area contributed by atoms with Crippen molar-refractivity contribution in [2.45, 2.75) is 39.2 Å². The molecule has 0 bridgehead atoms. The molecular weight excluding hydrogens is 204 g/mol. The van der Waals surface area contributed by atoms with Crippen LogP contribution in [0, 0.1) is 0 Å². The molecule has 90 valence electrons. The second-order valence-corrected chi connectivity index (χ2v) is 3.95. The van der Waals surface area contributed by atoms with Gasteiger partial charge in [-0.1, -0.05) is 19.8 Å². The van der Waals surface area contributed by atoms with Crippen molar-refractivity contribution in [3.05, 3.63) is 23.7 Å². The quantitative estimate of drug-likeness (QED) is 0.728. The maximum Gasteiger partial charge on any atom is 0.286 e. The van der Waals surface area contributed by atoms with Gasteiger partial charge in [-0.05, 0) is 25.5 Å². The maximum absolute atomic E-state index is 11.6. The minimum Gasteiger partial charge on any atom is -0.454 e. The fourth-order valence-electron chi connectivity index (χ4n) is 1.38. The van der Waals surface area contributed by atoms with Crippen LogP contribution >= 0.6 is 0 Å². The van der Waals surface area contributed by atoms with E-state index in [1.807, 2.05) is 6.92 Å². The van der Waals surface area contributed by atoms with Crippen LogP contribution in [-0.2, 0) is 0 Å². The third-order valence-corrected chi connectivity index (χ3v) is 2.37. The molecule has 4 nitrogen and oxygen atoms in total. The molecule has 3 N–H and O–H groups in total. The molecule has 1 aromatic rings. The topological polar surface area (TPSA) is 68.3 Å². The Bertz CT molecular complexity index is 332. The maximum atomic E-state index is 11.6. The average Bonchev–Trinajstić information content (AvgIpc) is 2.73. The molecule has 1 heterocycles. The number of rotatable bonds is 6. The lowest BCUT2D eigenvalue weighted by Gasteiger charge is -2.02. The zero-order chi connectivity index (χ0) is 12.0. The molecule has 0 aliphatic carbocycles. The monoisotopic (exact) mass is 224 g/mol. The van der Waals surface area contributed by atoms with Crippen molar-refractivity contribution in [3.63, 3.8) is 0 Å². The number of nitrogens with two attached hydrogens (primary N) is 1. The van der Waals surface area contributed by atoms with Crippen molar-refractivity contribution >= 4 is 5.91 Å². The van der Waals surface area contributed by atoms with E-state index in [0.717, 1.165) is 19.3 Å². The van der Waals surface area contributed by atoms with E-state index in [0.29, 0.717) is 18.1 Å². The summed E-state index contributed by atoms with van der Waals surface area (Å²) in [5.41, 5.74) is 5.64. The fraction of sp³-hybridized carbons (Fsp3) is 0.583. The lowest BCUT2D eigenvalue weighted by atomic mass is 10.2. The number of nitrogens with one attached hydrogen (secondary N) is 1. The summed E-state index contributed by atoms with van der Waals surface area (Å²) in [4.78, 5) is 11.6. The molecule has 0 saturated carbocycles. The van der Waals surface area contributed by atoms with Gasteiger partial charge in [0.2, 0.25) is 0 Å². The Kier molecular flexibility index (Phi) is 5.05. The van der Waals surface area contributed by atoms with E-state index in [2.05, 4.69) is 12.2 Å². The summed E-state index contributed by atoms with van der Waals surface area (Å²) >= 11 is 0. The Hall–Kier alpha value is -1.29. The number of amides is 1. The van der Waals surface area contributed by atoms with Gasteiger partial charge >= 0.3 is 0 Å². The SMILES string of the molecule is CCCCCNC(=O)c1ccc(C(C)N)o1. The number of furan rings is 1. The zero-order valence-corrected chi connectivity index (χ0v) is 9.95. The molecule has 1 aromatic heterocycles. The highest BCUT2D eigenvalue weighted by Gasteiger charge is 2.12. The summed E-state index contributed by atoms with van der Waals surface area (Å²) < 4.78 is 5.33. The number of hydrogen-bond acceptors (Lipinski definition) is 3. The van der Waals surface area contributed by atoms with Gasteiger partial charge < -0.3 is 15.5 Å². The lowest BCUT2D eigenvalue weighted by molar-refractivity contribution is 0.0923. The molecule has 1 amide bonds. The fourth-order valence-corrected chi connectivity index (χ4v) is 1.38. The first-order valence-corrected chi connectivity index (χ1v) is 5.78. The van der Waals surface area contributed by atoms with E-state index in [1.54, 1.807) is 12.1 Å². The minimum atomic E-state index is -0.179. The van der Waals surface area contributed by atoms with Crippen molar-refractivity contribution < 1.29 is 9.21 Å². The third-order valence-electron chi connectivity index (χ3n) is 2.37. The van der Waals surface area contributed by atoms with Gasteiger partial charge in [-0.25, -0.2) is 0 Å². The van der Waals surface area contributed by atoms with Gasteiger partial charge in [0, 0.05) is 6.54 Å². The third kappa shape index (κ3) is 3.70. The largest absolute Gasteiger partial charge is 0.454 e. The van der Waals surface area contributed by atoms with E-state index < -0.39 is 0 Å². The van der Waals surface area contributed by atoms with Crippen LogP contribution in [0.3, 0.4) is 0 Å². The van der Waals surface area contributed by atoms with E-state index in [9.17, 15) is 4.79 Å². The Balaban J connectivity index is 2.40. The van der Waals surface area contributed by atoms with Gasteiger partial charge in [0.25, 0.3) is 5.91 Å². The van der Waals surface area contributed by atoms with Gasteiger partial charge in [0.15, 0.2) is 5.76 Å². The molecule has 1 rings (SSSR count). The molecule has 1 unspecified atom stereocenters. The summed E-state index contributed by atoms with van der Waals surface area (Å²) in [6, 6.07) is 3.22. The van der Waals surface area contributed by atoms with Crippen LogP contribution in [0.2, 0.25) is 0 Å². The molecule has 16 heavy (non-hydrogen) atoms. The van der Waals surface area contributed by atoms with E-state index in [4.69, 9.17) is 10.2 Å². The standard InChI is InChI=1S/C12H20N2O2/c1-3-4-5-8-14-12(15)11-7-6-10(16-11)9(2)13/h6-7,9H,3-5,8,13H2,1-2H3,(H,14,15). The van der Waals surface area contributed by atoms with Gasteiger partial charge in [-0.2, -0.15) is 0 Å². The Labute approximate surface area is 96.2 Å². The van der Waals surface area contributed by atoms with Crippen molar-refractivity contribution in [3.8, 4) is 0 Å². The van der Waals surface area contributed by atoms with Crippen LogP contribution in [0.4, 0.5) is 0 Å². The van der Waals surface area contributed by atoms with E-state index in [-0.39, 0.29) is 11.9 Å². The van der Waals surface area contributed by atoms with Crippen LogP contribution in [0.15, 0.2) is 16.5 Å². The number of carbonyl (C=O) groups is 1. The highest BCUT2D eigenvalue weighted by Crippen LogP contribution is 2.13. The van der Waals surface area contributed by atoms with Crippen LogP contribution in [0.1, 0.15) is 55.5 Å². The van der Waals surface area contributed by atoms with E-state index in [1.165, 1.54) is 0 Å². The first kappa shape index (κ1) is 12.8. The summed E-state index contributed by atoms with van der Waals surface area (Å²) in [7, 11) is 0. The first-order chi connectivity index (χ1) is 7.65. The Morgan fingerprint density at radius 2 is 2.25 bits per heavy atom. The molecule has 0 aliphatic rings. The predicted octanol–water partition coefficient (Wildman–Crippen LogP) is 2.22. The highest BCUT2D eigenvalue weighted by molar-refractivity contribution is 5.91. The number of hydrogen-bond donors (Lipinski definition) is 2. The second kappa shape index (κ2) is 6.33. The minimum absolute atomic E-state index is 0.164. The summed E-state index contributed by atoms with van der Waals surface area (Å²) in [6.07, 6.45) is 3.28. The smallest absolute Gasteiger partial charge is 0.286 e. The molecule has 0 aromatic carbocycles. The van der Waals surface area contributed by atoms with Crippen LogP contribution in [0.5, 0.6) is 0 Å². The first-order valence-electron chi connectivity index (χ1n) is 5.78. The van der Waals surface area contributed by atoms with Crippen LogP contribution in [-0.4, -0.2) is 12.5 Å². The average molecular weight is 224 g/mol. The number of carbonyl (C=O) groups excluding carboxylic acids is 1. The normalized spacial score (nSPS) is 12.4. The summed E-state index contributed by atoms with van der Waals surface area (Å²) in [6.45, 7) is 4.64. The number of unbranched alkanes of at least 4 members (excludes halogenated alkanes) is 2. The molecule has 0 fully saturated rings. The Morgan fingerprint density at radius 3 is 2.81 bits per heavy atom. The van der Waals surface area contributed by atoms with Gasteiger partial charge in [0.1, 0.15) is 5.76 Å². The molecule has 1 atom stereocenters. The predicted molar refractivity (Wildman–Crippen MR) is 63.2 cm³/mol. The molecule has 0 aliphatic heterocycles. The van der Waals surface area contributed by atoms with Crippen molar-refractivity contribution in [1.82, 2.24) is 5.32 Å². The van der Waals surface area contributed by atoms with Gasteiger partial charge in [0.05, 0.1) is 6.04 Å². The van der Waals surface area contributed by atoms with Crippen LogP contribution in [0.25, 0.3) is 0 Å². The highest BCUT2D eigenvalue weighted by atomic mass is 16.4. The van der Waals surface area contributed by atoms with Gasteiger partial charge in [-0.15, -0.1) is 0 Å². The van der Waals surface area contributed by atoms with Crippen molar-refractivity contribution in [2.75, 3.05) is 6.54 Å². The molecular formula is C12H20N2O2. The lowest BCUT2D eigenvalue weighted by Crippen LogP contribution is -2.23. The Morgan fingerprint density at radius 1 is 1.50 bits per heavy atom. The van der Waals surface area contributed by atoms with E-state index >= 15 is 0 Å². The second-order valence-electron chi connectivity index (χ2n) is 3.95. The zero-order valence-electron chi connectivity index (χ0n) is 9.95. The van der Waals surface area contributed by atoms with Crippen molar-refractivity contribution in [2.24, 2.45) is 5.73 Å². The summed E-state index contributed by atoms with van der Waals surface area (Å²) in [5, 5.41) is 2.81. The molecule has 0 saturated heterocycles. The molecule has 4 heteroatoms. The summed E-state index contributed by atoms with van der Waals surface area (Å²) in [5.74, 6) is 0.811. The van der Waals surface area contributed by atoms with Crippen LogP contribution < -0.4 is 11.1 Å². The van der Waals surface area contributed by atoms with Gasteiger partial charge in [-0.3, -0.25) is 4.79 Å². The molecule has 0 radical (unpaired) electrons.